The number of piperidine rings is 1. The van der Waals surface area contributed by atoms with Gasteiger partial charge in [0.1, 0.15) is 0 Å². The maximum atomic E-state index is 9.96. The van der Waals surface area contributed by atoms with E-state index < -0.39 is 6.29 Å². The van der Waals surface area contributed by atoms with Crippen molar-refractivity contribution in [2.24, 2.45) is 5.92 Å². The van der Waals surface area contributed by atoms with Crippen molar-refractivity contribution in [2.45, 2.75) is 33.0 Å². The van der Waals surface area contributed by atoms with Crippen molar-refractivity contribution in [3.8, 4) is 0 Å². The molecule has 1 unspecified atom stereocenters. The van der Waals surface area contributed by atoms with Gasteiger partial charge in [-0.3, -0.25) is 0 Å². The first-order valence-corrected chi connectivity index (χ1v) is 8.07. The molecule has 1 saturated heterocycles. The van der Waals surface area contributed by atoms with E-state index in [4.69, 9.17) is 4.74 Å². The minimum Gasteiger partial charge on any atom is -0.383 e. The smallest absolute Gasteiger partial charge is 0.192 e. The van der Waals surface area contributed by atoms with Gasteiger partial charge in [-0.25, -0.2) is 0 Å². The predicted octanol–water partition coefficient (Wildman–Crippen LogP) is 2.76. The summed E-state index contributed by atoms with van der Waals surface area (Å²) in [4.78, 5) is 4.52. The van der Waals surface area contributed by atoms with E-state index in [0.29, 0.717) is 0 Å². The maximum Gasteiger partial charge on any atom is 0.192 e. The van der Waals surface area contributed by atoms with Crippen LogP contribution in [-0.2, 0) is 4.74 Å². The van der Waals surface area contributed by atoms with Gasteiger partial charge in [0.15, 0.2) is 6.29 Å². The first-order chi connectivity index (χ1) is 9.52. The normalized spacial score (nSPS) is 19.2. The summed E-state index contributed by atoms with van der Waals surface area (Å²) in [6.07, 6.45) is 1.66. The minimum absolute atomic E-state index is 0.721. The molecule has 1 aromatic rings. The van der Waals surface area contributed by atoms with E-state index in [-0.39, 0.29) is 0 Å². The second-order valence-electron chi connectivity index (χ2n) is 5.74. The van der Waals surface area contributed by atoms with E-state index in [2.05, 4.69) is 31.1 Å². The monoisotopic (exact) mass is 298 g/mol. The number of nitrogens with one attached hydrogen (secondary N) is 1. The molecule has 1 aliphatic rings. The lowest BCUT2D eigenvalue weighted by Gasteiger charge is -2.29. The molecule has 1 aliphatic heterocycles. The molecule has 1 fully saturated rings. The average molecular weight is 298 g/mol. The predicted molar refractivity (Wildman–Crippen MR) is 84.5 cm³/mol. The van der Waals surface area contributed by atoms with Crippen molar-refractivity contribution in [3.63, 3.8) is 0 Å². The van der Waals surface area contributed by atoms with E-state index in [0.717, 1.165) is 23.0 Å². The highest BCUT2D eigenvalue weighted by Crippen LogP contribution is 2.37. The molecule has 4 nitrogen and oxygen atoms in total. The summed E-state index contributed by atoms with van der Waals surface area (Å²) in [6, 6.07) is 0. The molecule has 0 amide bonds. The fraction of sp³-hybridized carbons (Fsp3) is 0.733. The Morgan fingerprint density at radius 2 is 2.05 bits per heavy atom. The molecule has 114 valence electrons. The Bertz CT molecular complexity index is 439. The van der Waals surface area contributed by atoms with Crippen LogP contribution in [-0.4, -0.2) is 43.8 Å². The molecule has 0 spiro atoms. The molecule has 0 aliphatic carbocycles. The van der Waals surface area contributed by atoms with Crippen molar-refractivity contribution < 1.29 is 9.84 Å². The van der Waals surface area contributed by atoms with Crippen molar-refractivity contribution in [1.82, 2.24) is 4.90 Å². The Labute approximate surface area is 125 Å². The van der Waals surface area contributed by atoms with Crippen LogP contribution in [0.3, 0.4) is 0 Å². The van der Waals surface area contributed by atoms with Gasteiger partial charge in [-0.15, -0.1) is 11.3 Å². The number of rotatable bonds is 5. The van der Waals surface area contributed by atoms with Crippen molar-refractivity contribution in [1.29, 1.82) is 0 Å². The van der Waals surface area contributed by atoms with Gasteiger partial charge in [0.25, 0.3) is 0 Å². The number of thiophene rings is 1. The summed E-state index contributed by atoms with van der Waals surface area (Å²) in [7, 11) is 3.72. The first kappa shape index (κ1) is 15.8. The number of anilines is 1. The molecular formula is C15H26N2O2S. The van der Waals surface area contributed by atoms with Crippen molar-refractivity contribution in [3.05, 3.63) is 15.3 Å². The van der Waals surface area contributed by atoms with Crippen molar-refractivity contribution >= 4 is 17.0 Å². The highest BCUT2D eigenvalue weighted by atomic mass is 32.1. The number of hydrogen-bond acceptors (Lipinski definition) is 5. The van der Waals surface area contributed by atoms with Crippen LogP contribution in [0.15, 0.2) is 0 Å². The van der Waals surface area contributed by atoms with Crippen LogP contribution in [0.5, 0.6) is 0 Å². The molecule has 2 rings (SSSR count). The zero-order chi connectivity index (χ0) is 14.7. The van der Waals surface area contributed by atoms with Crippen LogP contribution in [0.25, 0.3) is 0 Å². The van der Waals surface area contributed by atoms with E-state index in [9.17, 15) is 5.11 Å². The molecule has 1 aromatic heterocycles. The standard InChI is InChI=1S/C15H26N2O2S/c1-10-11(2)20-14(15(18)19-4)13(10)16-9-12-5-7-17(3)8-6-12/h12,15-16,18H,5-9H2,1-4H3. The van der Waals surface area contributed by atoms with Crippen LogP contribution in [0.2, 0.25) is 0 Å². The molecular weight excluding hydrogens is 272 g/mol. The van der Waals surface area contributed by atoms with Crippen LogP contribution < -0.4 is 5.32 Å². The van der Waals surface area contributed by atoms with E-state index in [1.54, 1.807) is 11.3 Å². The quantitative estimate of drug-likeness (QED) is 0.821. The first-order valence-electron chi connectivity index (χ1n) is 7.26. The Morgan fingerprint density at radius 1 is 1.40 bits per heavy atom. The number of methoxy groups -OCH3 is 1. The lowest BCUT2D eigenvalue weighted by molar-refractivity contribution is -0.0738. The van der Waals surface area contributed by atoms with Gasteiger partial charge in [0.2, 0.25) is 0 Å². The summed E-state index contributed by atoms with van der Waals surface area (Å²) in [6.45, 7) is 7.54. The van der Waals surface area contributed by atoms with Gasteiger partial charge in [-0.05, 0) is 58.3 Å². The third-order valence-corrected chi connectivity index (χ3v) is 5.50. The Morgan fingerprint density at radius 3 is 2.65 bits per heavy atom. The molecule has 0 radical (unpaired) electrons. The molecule has 20 heavy (non-hydrogen) atoms. The minimum atomic E-state index is -0.826. The largest absolute Gasteiger partial charge is 0.383 e. The Hall–Kier alpha value is -0.620. The second kappa shape index (κ2) is 6.89. The highest BCUT2D eigenvalue weighted by molar-refractivity contribution is 7.12. The molecule has 0 bridgehead atoms. The van der Waals surface area contributed by atoms with Crippen LogP contribution >= 0.6 is 11.3 Å². The Balaban J connectivity index is 2.01. The Kier molecular flexibility index (Phi) is 5.43. The zero-order valence-electron chi connectivity index (χ0n) is 12.9. The van der Waals surface area contributed by atoms with Gasteiger partial charge in [0, 0.05) is 18.5 Å². The third kappa shape index (κ3) is 3.52. The van der Waals surface area contributed by atoms with Crippen molar-refractivity contribution in [2.75, 3.05) is 39.1 Å². The number of nitrogens with zero attached hydrogens (tertiary/aromatic N) is 1. The molecule has 2 N–H and O–H groups in total. The highest BCUT2D eigenvalue weighted by Gasteiger charge is 2.21. The zero-order valence-corrected chi connectivity index (χ0v) is 13.7. The SMILES string of the molecule is COC(O)c1sc(C)c(C)c1NCC1CCN(C)CC1. The summed E-state index contributed by atoms with van der Waals surface area (Å²) >= 11 is 1.61. The number of ether oxygens (including phenoxy) is 1. The topological polar surface area (TPSA) is 44.7 Å². The van der Waals surface area contributed by atoms with Gasteiger partial charge < -0.3 is 20.1 Å². The molecule has 2 heterocycles. The molecule has 1 atom stereocenters. The summed E-state index contributed by atoms with van der Waals surface area (Å²) in [5.74, 6) is 0.721. The number of likely N-dealkylation sites (tertiary alicyclic amines) is 1. The second-order valence-corrected chi connectivity index (χ2v) is 6.99. The fourth-order valence-electron chi connectivity index (χ4n) is 2.67. The van der Waals surface area contributed by atoms with Crippen LogP contribution in [0.1, 0.15) is 34.4 Å². The van der Waals surface area contributed by atoms with Gasteiger partial charge >= 0.3 is 0 Å². The van der Waals surface area contributed by atoms with Gasteiger partial charge in [-0.1, -0.05) is 0 Å². The lowest BCUT2D eigenvalue weighted by Crippen LogP contribution is -2.33. The number of aliphatic hydroxyl groups excluding tert-OH is 1. The van der Waals surface area contributed by atoms with E-state index in [1.165, 1.54) is 43.5 Å². The van der Waals surface area contributed by atoms with Crippen LogP contribution in [0.4, 0.5) is 5.69 Å². The third-order valence-electron chi connectivity index (χ3n) is 4.27. The number of aryl methyl sites for hydroxylation is 1. The lowest BCUT2D eigenvalue weighted by atomic mass is 9.97. The van der Waals surface area contributed by atoms with Gasteiger partial charge in [-0.2, -0.15) is 0 Å². The fourth-order valence-corrected chi connectivity index (χ4v) is 3.78. The van der Waals surface area contributed by atoms with E-state index in [1.807, 2.05) is 0 Å². The van der Waals surface area contributed by atoms with Crippen LogP contribution in [0, 0.1) is 19.8 Å². The van der Waals surface area contributed by atoms with E-state index >= 15 is 0 Å². The summed E-state index contributed by atoms with van der Waals surface area (Å²) in [5, 5.41) is 13.5. The molecule has 5 heteroatoms. The van der Waals surface area contributed by atoms with Gasteiger partial charge in [0.05, 0.1) is 10.6 Å². The summed E-state index contributed by atoms with van der Waals surface area (Å²) in [5.41, 5.74) is 2.30. The molecule has 0 aromatic carbocycles. The summed E-state index contributed by atoms with van der Waals surface area (Å²) < 4.78 is 5.07. The maximum absolute atomic E-state index is 9.96. The molecule has 0 saturated carbocycles. The average Bonchev–Trinajstić information content (AvgIpc) is 2.73. The number of hydrogen-bond donors (Lipinski definition) is 2. The number of aliphatic hydroxyl groups is 1.